The summed E-state index contributed by atoms with van der Waals surface area (Å²) in [7, 11) is 0. The van der Waals surface area contributed by atoms with Crippen LogP contribution in [-0.4, -0.2) is 94.7 Å². The fourth-order valence-electron chi connectivity index (χ4n) is 4.70. The van der Waals surface area contributed by atoms with Gasteiger partial charge in [0.1, 0.15) is 31.1 Å². The molecule has 2 fully saturated rings. The topological polar surface area (TPSA) is 130 Å². The smallest absolute Gasteiger partial charge is 0.405 e. The van der Waals surface area contributed by atoms with Gasteiger partial charge in [-0.15, -0.1) is 0 Å². The van der Waals surface area contributed by atoms with Gasteiger partial charge in [-0.1, -0.05) is 6.08 Å². The number of carbonyl (C=O) groups is 2. The first-order valence-corrected chi connectivity index (χ1v) is 12.1. The van der Waals surface area contributed by atoms with Crippen molar-refractivity contribution in [3.8, 4) is 5.88 Å². The number of hydrogen-bond acceptors (Lipinski definition) is 9. The molecule has 0 aromatic carbocycles. The van der Waals surface area contributed by atoms with E-state index in [1.54, 1.807) is 6.08 Å². The number of amides is 3. The molecule has 206 valence electrons. The first kappa shape index (κ1) is 26.0. The molecule has 5 rings (SSSR count). The summed E-state index contributed by atoms with van der Waals surface area (Å²) in [6, 6.07) is -1.77. The molecule has 3 amide bonds. The summed E-state index contributed by atoms with van der Waals surface area (Å²) in [5, 5.41) is 7.49. The molecule has 5 heterocycles. The predicted octanol–water partition coefficient (Wildman–Crippen LogP) is 1.30. The maximum atomic E-state index is 13.3. The summed E-state index contributed by atoms with van der Waals surface area (Å²) in [6.45, 7) is 4.10. The van der Waals surface area contributed by atoms with Crippen molar-refractivity contribution >= 4 is 17.8 Å². The lowest BCUT2D eigenvalue weighted by molar-refractivity contribution is -0.141. The lowest BCUT2D eigenvalue weighted by atomic mass is 10.1. The zero-order valence-corrected chi connectivity index (χ0v) is 20.7. The third-order valence-electron chi connectivity index (χ3n) is 6.40. The third kappa shape index (κ3) is 5.78. The van der Waals surface area contributed by atoms with Crippen LogP contribution in [0.4, 0.5) is 23.8 Å². The standard InChI is InChI=1S/C23H28F3N7O5/c1-22(2)37-11-14(38-22)10-36-18-8-27-17(7-28-18)31-21(35)33-13-5-6-32(9-13)16-4-3-15(30-19(16)33)20(34)29-12-23(24,25)26/h3-4,7-8,13-15,30H,5-6,9-12H2,1-2H3,(H,29,34)(H,27,31,35)/t13-,14-,15?/m0/s1. The number of ether oxygens (including phenoxy) is 3. The quantitative estimate of drug-likeness (QED) is 0.490. The van der Waals surface area contributed by atoms with Crippen LogP contribution in [0.5, 0.6) is 5.88 Å². The number of carbonyl (C=O) groups excluding carboxylic acids is 2. The molecule has 0 aliphatic carbocycles. The summed E-state index contributed by atoms with van der Waals surface area (Å²) < 4.78 is 54.4. The highest BCUT2D eigenvalue weighted by Crippen LogP contribution is 2.33. The van der Waals surface area contributed by atoms with E-state index in [2.05, 4.69) is 25.5 Å². The number of anilines is 1. The average Bonchev–Trinajstić information content (AvgIpc) is 3.44. The van der Waals surface area contributed by atoms with Crippen LogP contribution in [0.2, 0.25) is 0 Å². The van der Waals surface area contributed by atoms with Crippen LogP contribution in [0.3, 0.4) is 0 Å². The number of urea groups is 1. The van der Waals surface area contributed by atoms with Gasteiger partial charge in [0.2, 0.25) is 11.8 Å². The lowest BCUT2D eigenvalue weighted by Gasteiger charge is -2.40. The Bertz CT molecular complexity index is 1140. The molecule has 4 aliphatic heterocycles. The zero-order valence-electron chi connectivity index (χ0n) is 20.7. The van der Waals surface area contributed by atoms with Crippen molar-refractivity contribution in [3.05, 3.63) is 36.1 Å². The van der Waals surface area contributed by atoms with Gasteiger partial charge in [0.15, 0.2) is 11.6 Å². The predicted molar refractivity (Wildman–Crippen MR) is 125 cm³/mol. The van der Waals surface area contributed by atoms with E-state index in [0.717, 1.165) is 0 Å². The van der Waals surface area contributed by atoms with E-state index in [1.807, 2.05) is 19.2 Å². The molecule has 4 aliphatic rings. The molecular formula is C23H28F3N7O5. The minimum Gasteiger partial charge on any atom is -0.474 e. The normalized spacial score (nSPS) is 25.7. The lowest BCUT2D eigenvalue weighted by Crippen LogP contribution is -2.56. The molecule has 2 saturated heterocycles. The monoisotopic (exact) mass is 539 g/mol. The molecule has 2 bridgehead atoms. The summed E-state index contributed by atoms with van der Waals surface area (Å²) in [5.41, 5.74) is 0.685. The number of hydrogen-bond donors (Lipinski definition) is 3. The van der Waals surface area contributed by atoms with E-state index < -0.39 is 36.5 Å². The molecule has 12 nitrogen and oxygen atoms in total. The Balaban J connectivity index is 1.22. The maximum absolute atomic E-state index is 13.3. The van der Waals surface area contributed by atoms with Crippen molar-refractivity contribution in [3.63, 3.8) is 0 Å². The number of rotatable bonds is 6. The molecule has 38 heavy (non-hydrogen) atoms. The maximum Gasteiger partial charge on any atom is 0.405 e. The Labute approximate surface area is 216 Å². The number of allylic oxidation sites excluding steroid dienone is 1. The van der Waals surface area contributed by atoms with E-state index in [0.29, 0.717) is 37.6 Å². The molecule has 0 radical (unpaired) electrons. The van der Waals surface area contributed by atoms with Gasteiger partial charge in [0.25, 0.3) is 0 Å². The van der Waals surface area contributed by atoms with Gasteiger partial charge in [-0.2, -0.15) is 13.2 Å². The number of dihydropyridines is 1. The second-order valence-corrected chi connectivity index (χ2v) is 9.74. The SMILES string of the molecule is CC1(C)OC[C@H](COc2cnc(NC(=O)N3C4=C(C=CC(C(=O)NCC(F)(F)F)N4)N4CC[C@H]3C4)cn2)O1. The van der Waals surface area contributed by atoms with Crippen molar-refractivity contribution in [1.29, 1.82) is 0 Å². The van der Waals surface area contributed by atoms with Crippen LogP contribution < -0.4 is 20.7 Å². The number of alkyl halides is 3. The summed E-state index contributed by atoms with van der Waals surface area (Å²) in [6.07, 6.45) is 1.77. The molecule has 3 N–H and O–H groups in total. The zero-order chi connectivity index (χ0) is 27.1. The first-order valence-electron chi connectivity index (χ1n) is 12.1. The Hall–Kier alpha value is -3.59. The molecule has 0 saturated carbocycles. The summed E-state index contributed by atoms with van der Waals surface area (Å²) in [5.74, 6) is -0.738. The van der Waals surface area contributed by atoms with Crippen molar-refractivity contribution < 1.29 is 37.0 Å². The molecule has 3 atom stereocenters. The Kier molecular flexibility index (Phi) is 6.81. The number of nitrogens with one attached hydrogen (secondary N) is 3. The van der Waals surface area contributed by atoms with Crippen LogP contribution in [0.15, 0.2) is 36.1 Å². The summed E-state index contributed by atoms with van der Waals surface area (Å²) in [4.78, 5) is 37.6. The molecule has 15 heteroatoms. The Morgan fingerprint density at radius 3 is 2.79 bits per heavy atom. The van der Waals surface area contributed by atoms with Crippen molar-refractivity contribution in [2.75, 3.05) is 38.2 Å². The average molecular weight is 540 g/mol. The molecule has 1 unspecified atom stereocenters. The van der Waals surface area contributed by atoms with Gasteiger partial charge in [-0.05, 0) is 26.3 Å². The second kappa shape index (κ2) is 9.94. The highest BCUT2D eigenvalue weighted by atomic mass is 19.4. The van der Waals surface area contributed by atoms with Crippen LogP contribution in [0.1, 0.15) is 20.3 Å². The summed E-state index contributed by atoms with van der Waals surface area (Å²) >= 11 is 0. The van der Waals surface area contributed by atoms with Gasteiger partial charge in [-0.25, -0.2) is 14.8 Å². The first-order chi connectivity index (χ1) is 18.0. The van der Waals surface area contributed by atoms with Crippen molar-refractivity contribution in [1.82, 2.24) is 30.4 Å². The van der Waals surface area contributed by atoms with Crippen molar-refractivity contribution in [2.24, 2.45) is 0 Å². The van der Waals surface area contributed by atoms with E-state index >= 15 is 0 Å². The highest BCUT2D eigenvalue weighted by molar-refractivity contribution is 5.91. The fraction of sp³-hybridized carbons (Fsp3) is 0.565. The number of nitrogens with zero attached hydrogens (tertiary/aromatic N) is 4. The fourth-order valence-corrected chi connectivity index (χ4v) is 4.70. The van der Waals surface area contributed by atoms with Gasteiger partial charge in [-0.3, -0.25) is 15.0 Å². The molecule has 1 aromatic heterocycles. The largest absolute Gasteiger partial charge is 0.474 e. The van der Waals surface area contributed by atoms with Crippen LogP contribution in [-0.2, 0) is 14.3 Å². The van der Waals surface area contributed by atoms with Gasteiger partial charge >= 0.3 is 12.2 Å². The van der Waals surface area contributed by atoms with Crippen LogP contribution in [0, 0.1) is 0 Å². The molecular weight excluding hydrogens is 511 g/mol. The number of aromatic nitrogens is 2. The van der Waals surface area contributed by atoms with Gasteiger partial charge in [0, 0.05) is 13.1 Å². The highest BCUT2D eigenvalue weighted by Gasteiger charge is 2.43. The molecule has 1 aromatic rings. The van der Waals surface area contributed by atoms with E-state index in [-0.39, 0.29) is 30.5 Å². The van der Waals surface area contributed by atoms with Gasteiger partial charge < -0.3 is 29.7 Å². The van der Waals surface area contributed by atoms with Crippen molar-refractivity contribution in [2.45, 2.75) is 50.4 Å². The second-order valence-electron chi connectivity index (χ2n) is 9.74. The van der Waals surface area contributed by atoms with E-state index in [4.69, 9.17) is 14.2 Å². The van der Waals surface area contributed by atoms with E-state index in [1.165, 1.54) is 23.4 Å². The Morgan fingerprint density at radius 1 is 1.29 bits per heavy atom. The molecule has 0 spiro atoms. The van der Waals surface area contributed by atoms with Gasteiger partial charge in [0.05, 0.1) is 30.7 Å². The number of halogens is 3. The third-order valence-corrected chi connectivity index (χ3v) is 6.40. The van der Waals surface area contributed by atoms with Crippen LogP contribution in [0.25, 0.3) is 0 Å². The minimum absolute atomic E-state index is 0.178. The van der Waals surface area contributed by atoms with Crippen LogP contribution >= 0.6 is 0 Å². The Morgan fingerprint density at radius 2 is 2.11 bits per heavy atom. The minimum atomic E-state index is -4.53. The number of fused-ring (bicyclic) bond motifs is 3. The van der Waals surface area contributed by atoms with E-state index in [9.17, 15) is 22.8 Å².